The molecule has 0 aliphatic rings. The van der Waals surface area contributed by atoms with E-state index < -0.39 is 0 Å². The van der Waals surface area contributed by atoms with Gasteiger partial charge in [0, 0.05) is 6.54 Å². The van der Waals surface area contributed by atoms with E-state index in [1.54, 1.807) is 0 Å². The van der Waals surface area contributed by atoms with Crippen molar-refractivity contribution in [2.24, 2.45) is 11.1 Å². The van der Waals surface area contributed by atoms with Crippen LogP contribution in [0.25, 0.3) is 0 Å². The van der Waals surface area contributed by atoms with Crippen molar-refractivity contribution in [3.8, 4) is 0 Å². The number of aryl methyl sites for hydroxylation is 2. The smallest absolute Gasteiger partial charge is 0.242 e. The Morgan fingerprint density at radius 3 is 2.37 bits per heavy atom. The highest BCUT2D eigenvalue weighted by molar-refractivity contribution is 5.26. The van der Waals surface area contributed by atoms with Crippen LogP contribution in [0.5, 0.6) is 0 Å². The van der Waals surface area contributed by atoms with E-state index in [1.807, 2.05) is 0 Å². The van der Waals surface area contributed by atoms with Crippen molar-refractivity contribution < 1.29 is 0 Å². The van der Waals surface area contributed by atoms with Crippen LogP contribution in [0, 0.1) is 5.41 Å². The monoisotopic (exact) mass is 265 g/mol. The molecule has 3 N–H and O–H groups in total. The first-order chi connectivity index (χ1) is 9.02. The maximum atomic E-state index is 5.56. The summed E-state index contributed by atoms with van der Waals surface area (Å²) in [5.41, 5.74) is 7.79. The van der Waals surface area contributed by atoms with Crippen LogP contribution >= 0.6 is 0 Å². The van der Waals surface area contributed by atoms with Gasteiger partial charge in [-0.15, -0.1) is 5.10 Å². The number of rotatable bonds is 8. The molecule has 5 nitrogen and oxygen atoms in total. The molecule has 0 fully saturated rings. The lowest BCUT2D eigenvalue weighted by Crippen LogP contribution is -2.25. The third-order valence-electron chi connectivity index (χ3n) is 3.29. The van der Waals surface area contributed by atoms with Gasteiger partial charge in [-0.1, -0.05) is 27.7 Å². The SMILES string of the molecule is CCc1nnc(NCC(C)(C)CCCN)nc1CC. The summed E-state index contributed by atoms with van der Waals surface area (Å²) in [6, 6.07) is 0. The highest BCUT2D eigenvalue weighted by Crippen LogP contribution is 2.22. The Bertz CT molecular complexity index is 389. The van der Waals surface area contributed by atoms with Crippen LogP contribution in [0.1, 0.15) is 51.9 Å². The number of hydrogen-bond acceptors (Lipinski definition) is 5. The quantitative estimate of drug-likeness (QED) is 0.753. The summed E-state index contributed by atoms with van der Waals surface area (Å²) in [5, 5.41) is 11.7. The summed E-state index contributed by atoms with van der Waals surface area (Å²) in [6.07, 6.45) is 3.91. The molecule has 0 saturated carbocycles. The maximum absolute atomic E-state index is 5.56. The third kappa shape index (κ3) is 5.11. The second-order valence-electron chi connectivity index (χ2n) is 5.65. The summed E-state index contributed by atoms with van der Waals surface area (Å²) in [7, 11) is 0. The van der Waals surface area contributed by atoms with E-state index in [1.165, 1.54) is 0 Å². The minimum atomic E-state index is 0.193. The lowest BCUT2D eigenvalue weighted by Gasteiger charge is -2.24. The summed E-state index contributed by atoms with van der Waals surface area (Å²) in [5.74, 6) is 0.634. The van der Waals surface area contributed by atoms with E-state index in [0.717, 1.165) is 50.2 Å². The molecule has 108 valence electrons. The van der Waals surface area contributed by atoms with Crippen LogP contribution in [0.2, 0.25) is 0 Å². The molecule has 0 aliphatic heterocycles. The zero-order chi connectivity index (χ0) is 14.3. The molecule has 0 aliphatic carbocycles. The van der Waals surface area contributed by atoms with E-state index in [-0.39, 0.29) is 5.41 Å². The van der Waals surface area contributed by atoms with Crippen LogP contribution in [0.4, 0.5) is 5.95 Å². The topological polar surface area (TPSA) is 76.7 Å². The van der Waals surface area contributed by atoms with Gasteiger partial charge in [0.15, 0.2) is 0 Å². The summed E-state index contributed by atoms with van der Waals surface area (Å²) < 4.78 is 0. The minimum absolute atomic E-state index is 0.193. The lowest BCUT2D eigenvalue weighted by atomic mass is 9.88. The first kappa shape index (κ1) is 15.8. The molecule has 0 spiro atoms. The Hall–Kier alpha value is -1.23. The molecule has 0 amide bonds. The molecule has 0 atom stereocenters. The van der Waals surface area contributed by atoms with Crippen molar-refractivity contribution in [1.29, 1.82) is 0 Å². The van der Waals surface area contributed by atoms with E-state index in [4.69, 9.17) is 5.73 Å². The highest BCUT2D eigenvalue weighted by atomic mass is 15.2. The molecule has 1 aromatic rings. The molecular weight excluding hydrogens is 238 g/mol. The molecule has 0 bridgehead atoms. The van der Waals surface area contributed by atoms with Gasteiger partial charge in [-0.2, -0.15) is 5.10 Å². The Morgan fingerprint density at radius 2 is 1.79 bits per heavy atom. The number of nitrogens with two attached hydrogens (primary N) is 1. The fourth-order valence-corrected chi connectivity index (χ4v) is 2.00. The lowest BCUT2D eigenvalue weighted by molar-refractivity contribution is 0.349. The minimum Gasteiger partial charge on any atom is -0.352 e. The fourth-order valence-electron chi connectivity index (χ4n) is 2.00. The van der Waals surface area contributed by atoms with Crippen LogP contribution in [0.15, 0.2) is 0 Å². The van der Waals surface area contributed by atoms with Crippen molar-refractivity contribution in [3.63, 3.8) is 0 Å². The molecule has 0 radical (unpaired) electrons. The van der Waals surface area contributed by atoms with Crippen LogP contribution in [-0.4, -0.2) is 28.3 Å². The predicted molar refractivity (Wildman–Crippen MR) is 79.1 cm³/mol. The second kappa shape index (κ2) is 7.38. The van der Waals surface area contributed by atoms with Gasteiger partial charge in [-0.3, -0.25) is 0 Å². The van der Waals surface area contributed by atoms with E-state index in [0.29, 0.717) is 5.95 Å². The molecule has 0 aromatic carbocycles. The van der Waals surface area contributed by atoms with Crippen molar-refractivity contribution >= 4 is 5.95 Å². The average molecular weight is 265 g/mol. The van der Waals surface area contributed by atoms with Gasteiger partial charge < -0.3 is 11.1 Å². The van der Waals surface area contributed by atoms with Crippen LogP contribution in [-0.2, 0) is 12.8 Å². The number of anilines is 1. The Balaban J connectivity index is 2.62. The molecule has 0 saturated heterocycles. The standard InChI is InChI=1S/C14H27N5/c1-5-11-12(6-2)18-19-13(17-11)16-10-14(3,4)8-7-9-15/h5-10,15H2,1-4H3,(H,16,17,19). The summed E-state index contributed by atoms with van der Waals surface area (Å²) in [6.45, 7) is 10.2. The maximum Gasteiger partial charge on any atom is 0.242 e. The number of nitrogens with zero attached hydrogens (tertiary/aromatic N) is 3. The average Bonchev–Trinajstić information content (AvgIpc) is 2.42. The molecule has 19 heavy (non-hydrogen) atoms. The Morgan fingerprint density at radius 1 is 1.11 bits per heavy atom. The van der Waals surface area contributed by atoms with Crippen molar-refractivity contribution in [2.45, 2.75) is 53.4 Å². The van der Waals surface area contributed by atoms with Gasteiger partial charge in [0.25, 0.3) is 0 Å². The third-order valence-corrected chi connectivity index (χ3v) is 3.29. The molecule has 1 heterocycles. The van der Waals surface area contributed by atoms with E-state index >= 15 is 0 Å². The number of aromatic nitrogens is 3. The van der Waals surface area contributed by atoms with Gasteiger partial charge in [0.2, 0.25) is 5.95 Å². The van der Waals surface area contributed by atoms with Gasteiger partial charge in [0.05, 0.1) is 11.4 Å². The fraction of sp³-hybridized carbons (Fsp3) is 0.786. The van der Waals surface area contributed by atoms with Gasteiger partial charge >= 0.3 is 0 Å². The number of nitrogens with one attached hydrogen (secondary N) is 1. The van der Waals surface area contributed by atoms with E-state index in [2.05, 4.69) is 48.2 Å². The highest BCUT2D eigenvalue weighted by Gasteiger charge is 2.17. The largest absolute Gasteiger partial charge is 0.352 e. The predicted octanol–water partition coefficient (Wildman–Crippen LogP) is 2.17. The Kier molecular flexibility index (Phi) is 6.15. The van der Waals surface area contributed by atoms with Crippen molar-refractivity contribution in [1.82, 2.24) is 15.2 Å². The molecule has 1 aromatic heterocycles. The molecule has 0 unspecified atom stereocenters. The first-order valence-corrected chi connectivity index (χ1v) is 7.18. The molecular formula is C14H27N5. The second-order valence-corrected chi connectivity index (χ2v) is 5.65. The van der Waals surface area contributed by atoms with Crippen molar-refractivity contribution in [3.05, 3.63) is 11.4 Å². The Labute approximate surface area is 116 Å². The normalized spacial score (nSPS) is 11.6. The summed E-state index contributed by atoms with van der Waals surface area (Å²) >= 11 is 0. The van der Waals surface area contributed by atoms with Gasteiger partial charge in [-0.05, 0) is 37.6 Å². The van der Waals surface area contributed by atoms with Crippen molar-refractivity contribution in [2.75, 3.05) is 18.4 Å². The zero-order valence-corrected chi connectivity index (χ0v) is 12.7. The van der Waals surface area contributed by atoms with Crippen LogP contribution in [0.3, 0.4) is 0 Å². The first-order valence-electron chi connectivity index (χ1n) is 7.18. The number of hydrogen-bond donors (Lipinski definition) is 2. The summed E-state index contributed by atoms with van der Waals surface area (Å²) in [4.78, 5) is 4.54. The zero-order valence-electron chi connectivity index (χ0n) is 12.7. The van der Waals surface area contributed by atoms with Gasteiger partial charge in [-0.25, -0.2) is 4.98 Å². The van der Waals surface area contributed by atoms with Gasteiger partial charge in [0.1, 0.15) is 0 Å². The van der Waals surface area contributed by atoms with Crippen LogP contribution < -0.4 is 11.1 Å². The van der Waals surface area contributed by atoms with E-state index in [9.17, 15) is 0 Å². The molecule has 1 rings (SSSR count). The molecule has 5 heteroatoms.